The Morgan fingerprint density at radius 1 is 0.806 bits per heavy atom. The summed E-state index contributed by atoms with van der Waals surface area (Å²) in [5.41, 5.74) is 2.75. The van der Waals surface area contributed by atoms with Crippen molar-refractivity contribution >= 4 is 34.0 Å². The number of fused-ring (bicyclic) bond motifs is 1. The van der Waals surface area contributed by atoms with E-state index in [0.29, 0.717) is 17.9 Å². The van der Waals surface area contributed by atoms with Gasteiger partial charge in [0.2, 0.25) is 5.95 Å². The van der Waals surface area contributed by atoms with E-state index in [4.69, 9.17) is 4.74 Å². The smallest absolute Gasteiger partial charge is 0.229 e. The number of benzene rings is 2. The third-order valence-corrected chi connectivity index (χ3v) is 5.46. The molecule has 2 aromatic carbocycles. The average Bonchev–Trinajstić information content (AvgIpc) is 2.80. The second kappa shape index (κ2) is 9.00. The van der Waals surface area contributed by atoms with Crippen LogP contribution in [-0.2, 0) is 0 Å². The second-order valence-corrected chi connectivity index (χ2v) is 7.84. The van der Waals surface area contributed by atoms with Gasteiger partial charge in [-0.05, 0) is 56.0 Å². The topological polar surface area (TPSA) is 72.0 Å². The fourth-order valence-electron chi connectivity index (χ4n) is 3.93. The van der Waals surface area contributed by atoms with Gasteiger partial charge >= 0.3 is 0 Å². The van der Waals surface area contributed by atoms with Crippen molar-refractivity contribution in [2.75, 3.05) is 10.6 Å². The molecule has 4 aromatic rings. The molecule has 1 aliphatic rings. The number of aromatic nitrogens is 3. The van der Waals surface area contributed by atoms with Gasteiger partial charge in [-0.25, -0.2) is 4.98 Å². The van der Waals surface area contributed by atoms with E-state index >= 15 is 0 Å². The number of nitrogens with one attached hydrogen (secondary N) is 2. The highest BCUT2D eigenvalue weighted by atomic mass is 16.5. The highest BCUT2D eigenvalue weighted by Gasteiger charge is 2.15. The van der Waals surface area contributed by atoms with Crippen LogP contribution in [0.5, 0.6) is 5.75 Å². The molecule has 31 heavy (non-hydrogen) atoms. The number of nitrogens with zero attached hydrogens (tertiary/aromatic N) is 3. The zero-order chi connectivity index (χ0) is 20.9. The third-order valence-electron chi connectivity index (χ3n) is 5.46. The van der Waals surface area contributed by atoms with Crippen LogP contribution in [0.3, 0.4) is 0 Å². The molecule has 0 amide bonds. The van der Waals surface area contributed by atoms with Crippen molar-refractivity contribution in [3.63, 3.8) is 0 Å². The van der Waals surface area contributed by atoms with Gasteiger partial charge in [0, 0.05) is 23.3 Å². The van der Waals surface area contributed by atoms with E-state index < -0.39 is 0 Å². The molecule has 2 heterocycles. The number of anilines is 4. The summed E-state index contributed by atoms with van der Waals surface area (Å²) in [7, 11) is 0. The lowest BCUT2D eigenvalue weighted by atomic mass is 9.98. The second-order valence-electron chi connectivity index (χ2n) is 7.84. The average molecular weight is 412 g/mol. The number of rotatable bonds is 6. The summed E-state index contributed by atoms with van der Waals surface area (Å²) in [4.78, 5) is 13.4. The van der Waals surface area contributed by atoms with Gasteiger partial charge in [0.1, 0.15) is 11.6 Å². The molecule has 0 unspecified atom stereocenters. The molecule has 0 aliphatic heterocycles. The van der Waals surface area contributed by atoms with Gasteiger partial charge < -0.3 is 15.4 Å². The number of hydrogen-bond donors (Lipinski definition) is 2. The van der Waals surface area contributed by atoms with Crippen molar-refractivity contribution in [1.29, 1.82) is 0 Å². The van der Waals surface area contributed by atoms with Gasteiger partial charge in [-0.1, -0.05) is 30.7 Å². The summed E-state index contributed by atoms with van der Waals surface area (Å²) in [5.74, 6) is 2.10. The predicted octanol–water partition coefficient (Wildman–Crippen LogP) is 6.22. The van der Waals surface area contributed by atoms with Crippen LogP contribution in [0.2, 0.25) is 0 Å². The largest absolute Gasteiger partial charge is 0.490 e. The maximum atomic E-state index is 6.17. The van der Waals surface area contributed by atoms with Crippen LogP contribution in [0.1, 0.15) is 32.1 Å². The van der Waals surface area contributed by atoms with E-state index in [0.717, 1.165) is 40.9 Å². The summed E-state index contributed by atoms with van der Waals surface area (Å²) < 4.78 is 6.17. The van der Waals surface area contributed by atoms with Crippen molar-refractivity contribution in [1.82, 2.24) is 15.0 Å². The van der Waals surface area contributed by atoms with E-state index in [-0.39, 0.29) is 0 Å². The van der Waals surface area contributed by atoms with Crippen molar-refractivity contribution in [2.45, 2.75) is 38.2 Å². The Labute approximate surface area is 181 Å². The molecular weight excluding hydrogens is 386 g/mol. The minimum Gasteiger partial charge on any atom is -0.490 e. The summed E-state index contributed by atoms with van der Waals surface area (Å²) in [6, 6.07) is 19.9. The van der Waals surface area contributed by atoms with E-state index in [2.05, 4.69) is 31.7 Å². The van der Waals surface area contributed by atoms with E-state index in [1.165, 1.54) is 19.3 Å². The molecule has 0 spiro atoms. The van der Waals surface area contributed by atoms with Crippen LogP contribution < -0.4 is 15.4 Å². The first-order valence-electron chi connectivity index (χ1n) is 10.8. The highest BCUT2D eigenvalue weighted by Crippen LogP contribution is 2.26. The maximum absolute atomic E-state index is 6.17. The molecule has 5 rings (SSSR count). The van der Waals surface area contributed by atoms with Crippen molar-refractivity contribution < 1.29 is 4.74 Å². The summed E-state index contributed by atoms with van der Waals surface area (Å²) in [6.07, 6.45) is 9.96. The first-order chi connectivity index (χ1) is 15.3. The lowest BCUT2D eigenvalue weighted by molar-refractivity contribution is 0.155. The van der Waals surface area contributed by atoms with Gasteiger partial charge in [0.15, 0.2) is 0 Å². The molecule has 1 fully saturated rings. The molecule has 1 aliphatic carbocycles. The first-order valence-corrected chi connectivity index (χ1v) is 10.8. The summed E-state index contributed by atoms with van der Waals surface area (Å²) in [5, 5.41) is 7.67. The minimum atomic E-state index is 0.323. The van der Waals surface area contributed by atoms with Gasteiger partial charge in [0.05, 0.1) is 23.5 Å². The van der Waals surface area contributed by atoms with Crippen LogP contribution >= 0.6 is 0 Å². The molecule has 156 valence electrons. The normalized spacial score (nSPS) is 14.3. The lowest BCUT2D eigenvalue weighted by Gasteiger charge is -2.23. The minimum absolute atomic E-state index is 0.323. The predicted molar refractivity (Wildman–Crippen MR) is 124 cm³/mol. The van der Waals surface area contributed by atoms with E-state index in [1.807, 2.05) is 60.8 Å². The zero-order valence-electron chi connectivity index (χ0n) is 17.3. The number of ether oxygens (including phenoxy) is 1. The van der Waals surface area contributed by atoms with Crippen molar-refractivity contribution in [3.8, 4) is 5.75 Å². The molecule has 6 heteroatoms. The van der Waals surface area contributed by atoms with E-state index in [1.54, 1.807) is 6.20 Å². The molecule has 2 N–H and O–H groups in total. The first kappa shape index (κ1) is 19.3. The van der Waals surface area contributed by atoms with Crippen LogP contribution in [0.25, 0.3) is 10.9 Å². The molecule has 0 atom stereocenters. The Bertz CT molecular complexity index is 1170. The number of hydrogen-bond acceptors (Lipinski definition) is 6. The molecule has 0 bridgehead atoms. The Morgan fingerprint density at radius 2 is 1.71 bits per heavy atom. The quantitative estimate of drug-likeness (QED) is 0.392. The summed E-state index contributed by atoms with van der Waals surface area (Å²) >= 11 is 0. The monoisotopic (exact) mass is 411 g/mol. The van der Waals surface area contributed by atoms with Crippen LogP contribution in [0, 0.1) is 0 Å². The highest BCUT2D eigenvalue weighted by molar-refractivity contribution is 5.82. The van der Waals surface area contributed by atoms with Gasteiger partial charge in [0.25, 0.3) is 0 Å². The third kappa shape index (κ3) is 4.91. The van der Waals surface area contributed by atoms with Gasteiger partial charge in [-0.15, -0.1) is 0 Å². The fraction of sp³-hybridized carbons (Fsp3) is 0.240. The Kier molecular flexibility index (Phi) is 5.60. The maximum Gasteiger partial charge on any atom is 0.229 e. The van der Waals surface area contributed by atoms with Crippen LogP contribution in [-0.4, -0.2) is 21.1 Å². The molecule has 0 saturated heterocycles. The van der Waals surface area contributed by atoms with Crippen LogP contribution in [0.15, 0.2) is 73.1 Å². The summed E-state index contributed by atoms with van der Waals surface area (Å²) in [6.45, 7) is 0. The molecule has 2 aromatic heterocycles. The van der Waals surface area contributed by atoms with Crippen molar-refractivity contribution in [2.24, 2.45) is 0 Å². The SMILES string of the molecule is c1cc(Nc2nccc(Nc3cnc4ccccc4c3)n2)cc(OC2CCCCC2)c1. The fourth-order valence-corrected chi connectivity index (χ4v) is 3.93. The molecule has 1 saturated carbocycles. The lowest BCUT2D eigenvalue weighted by Crippen LogP contribution is -2.19. The Hall–Kier alpha value is -3.67. The van der Waals surface area contributed by atoms with Crippen LogP contribution in [0.4, 0.5) is 23.1 Å². The van der Waals surface area contributed by atoms with Gasteiger partial charge in [-0.2, -0.15) is 4.98 Å². The Morgan fingerprint density at radius 3 is 2.65 bits per heavy atom. The molecule has 6 nitrogen and oxygen atoms in total. The van der Waals surface area contributed by atoms with Gasteiger partial charge in [-0.3, -0.25) is 4.98 Å². The Balaban J connectivity index is 1.28. The zero-order valence-corrected chi connectivity index (χ0v) is 17.3. The number of pyridine rings is 1. The molecular formula is C25H25N5O. The number of para-hydroxylation sites is 1. The van der Waals surface area contributed by atoms with E-state index in [9.17, 15) is 0 Å². The van der Waals surface area contributed by atoms with Crippen molar-refractivity contribution in [3.05, 3.63) is 73.1 Å². The molecule has 0 radical (unpaired) electrons. The standard InChI is InChI=1S/C25H25N5O/c1-2-9-21(10-3-1)31-22-11-6-8-19(16-22)29-25-26-14-13-24(30-25)28-20-15-18-7-4-5-12-23(18)27-17-20/h4-8,11-17,21H,1-3,9-10H2,(H2,26,28,29,30).